The third-order valence-electron chi connectivity index (χ3n) is 6.43. The summed E-state index contributed by atoms with van der Waals surface area (Å²) >= 11 is 0. The molecule has 5 atom stereocenters. The van der Waals surface area contributed by atoms with Crippen LogP contribution in [0.3, 0.4) is 0 Å². The molecule has 0 amide bonds. The van der Waals surface area contributed by atoms with Gasteiger partial charge in [-0.05, 0) is 55.5 Å². The highest BCUT2D eigenvalue weighted by Gasteiger charge is 2.36. The van der Waals surface area contributed by atoms with E-state index >= 15 is 0 Å². The summed E-state index contributed by atoms with van der Waals surface area (Å²) in [6.07, 6.45) is 6.54. The van der Waals surface area contributed by atoms with Crippen LogP contribution in [-0.2, 0) is 9.53 Å². The number of hydrogen-bond donors (Lipinski definition) is 1. The minimum absolute atomic E-state index is 0.0174. The molecule has 3 nitrogen and oxygen atoms in total. The second kappa shape index (κ2) is 11.6. The Kier molecular flexibility index (Phi) is 9.50. The Labute approximate surface area is 172 Å². The third-order valence-corrected chi connectivity index (χ3v) is 6.43. The van der Waals surface area contributed by atoms with Crippen LogP contribution < -0.4 is 5.32 Å². The molecule has 1 aromatic rings. The van der Waals surface area contributed by atoms with Crippen molar-refractivity contribution in [1.82, 2.24) is 5.32 Å². The number of carbonyl (C=O) groups is 1. The largest absolute Gasteiger partial charge is 0.462 e. The van der Waals surface area contributed by atoms with E-state index in [1.54, 1.807) is 0 Å². The molecular weight excluding hydrogens is 346 g/mol. The molecule has 0 aliphatic heterocycles. The van der Waals surface area contributed by atoms with Gasteiger partial charge in [0.25, 0.3) is 0 Å². The standard InChI is InChI=1S/C25H41NO2/c1-6-8-16-26-24(20-12-10-9-11-13-20)21(7-2)25(27)28-23-17-19(5)14-15-22(23)18(3)4/h9-13,18-19,21-24,26H,6-8,14-17H2,1-5H3/t19-,21-,22+,23-,24-/m1/s1. The van der Waals surface area contributed by atoms with Crippen LogP contribution >= 0.6 is 0 Å². The first-order chi connectivity index (χ1) is 13.5. The fraction of sp³-hybridized carbons (Fsp3) is 0.720. The van der Waals surface area contributed by atoms with E-state index in [2.05, 4.69) is 64.2 Å². The Hall–Kier alpha value is -1.35. The minimum Gasteiger partial charge on any atom is -0.462 e. The molecule has 1 N–H and O–H groups in total. The fourth-order valence-corrected chi connectivity index (χ4v) is 4.61. The van der Waals surface area contributed by atoms with Crippen LogP contribution in [0.5, 0.6) is 0 Å². The maximum Gasteiger partial charge on any atom is 0.311 e. The van der Waals surface area contributed by atoms with Gasteiger partial charge in [-0.15, -0.1) is 0 Å². The quantitative estimate of drug-likeness (QED) is 0.387. The van der Waals surface area contributed by atoms with Crippen molar-refractivity contribution < 1.29 is 9.53 Å². The van der Waals surface area contributed by atoms with Gasteiger partial charge in [0.2, 0.25) is 0 Å². The highest BCUT2D eigenvalue weighted by Crippen LogP contribution is 2.36. The van der Waals surface area contributed by atoms with Gasteiger partial charge in [-0.2, -0.15) is 0 Å². The monoisotopic (exact) mass is 387 g/mol. The molecule has 0 bridgehead atoms. The molecule has 158 valence electrons. The average molecular weight is 388 g/mol. The molecule has 1 saturated carbocycles. The van der Waals surface area contributed by atoms with Gasteiger partial charge in [0, 0.05) is 6.04 Å². The van der Waals surface area contributed by atoms with Gasteiger partial charge >= 0.3 is 5.97 Å². The highest BCUT2D eigenvalue weighted by molar-refractivity contribution is 5.74. The lowest BCUT2D eigenvalue weighted by Crippen LogP contribution is -2.40. The van der Waals surface area contributed by atoms with E-state index in [0.29, 0.717) is 17.8 Å². The van der Waals surface area contributed by atoms with E-state index < -0.39 is 0 Å². The summed E-state index contributed by atoms with van der Waals surface area (Å²) in [6, 6.07) is 10.4. The molecule has 0 heterocycles. The molecule has 1 fully saturated rings. The predicted octanol–water partition coefficient (Wildman–Crippen LogP) is 6.15. The zero-order valence-corrected chi connectivity index (χ0v) is 18.6. The van der Waals surface area contributed by atoms with Crippen molar-refractivity contribution in [2.75, 3.05) is 6.54 Å². The third kappa shape index (κ3) is 6.34. The number of ether oxygens (including phenoxy) is 1. The first kappa shape index (κ1) is 22.9. The zero-order chi connectivity index (χ0) is 20.5. The number of benzene rings is 1. The van der Waals surface area contributed by atoms with Gasteiger partial charge in [-0.1, -0.05) is 77.8 Å². The van der Waals surface area contributed by atoms with Gasteiger partial charge in [0.15, 0.2) is 0 Å². The summed E-state index contributed by atoms with van der Waals surface area (Å²) in [5, 5.41) is 3.65. The second-order valence-electron chi connectivity index (χ2n) is 9.01. The van der Waals surface area contributed by atoms with Crippen LogP contribution in [0.1, 0.15) is 84.7 Å². The molecule has 2 rings (SSSR count). The summed E-state index contributed by atoms with van der Waals surface area (Å²) in [6.45, 7) is 12.0. The highest BCUT2D eigenvalue weighted by atomic mass is 16.5. The Balaban J connectivity index is 2.15. The number of esters is 1. The van der Waals surface area contributed by atoms with E-state index in [1.165, 1.54) is 18.4 Å². The molecule has 3 heteroatoms. The van der Waals surface area contributed by atoms with E-state index in [1.807, 2.05) is 6.07 Å². The number of rotatable bonds is 10. The molecule has 0 unspecified atom stereocenters. The Morgan fingerprint density at radius 2 is 1.89 bits per heavy atom. The smallest absolute Gasteiger partial charge is 0.311 e. The summed E-state index contributed by atoms with van der Waals surface area (Å²) < 4.78 is 6.22. The molecule has 0 aromatic heterocycles. The first-order valence-electron chi connectivity index (χ1n) is 11.5. The van der Waals surface area contributed by atoms with Crippen molar-refractivity contribution in [3.63, 3.8) is 0 Å². The van der Waals surface area contributed by atoms with Gasteiger partial charge in [-0.3, -0.25) is 4.79 Å². The number of carbonyl (C=O) groups excluding carboxylic acids is 1. The SMILES string of the molecule is CCCCN[C@H](c1ccccc1)[C@@H](CC)C(=O)O[C@@H]1C[C@H](C)CC[C@H]1C(C)C. The maximum atomic E-state index is 13.3. The van der Waals surface area contributed by atoms with Crippen LogP contribution in [0, 0.1) is 23.7 Å². The molecule has 1 aliphatic rings. The zero-order valence-electron chi connectivity index (χ0n) is 18.6. The van der Waals surface area contributed by atoms with Gasteiger partial charge in [0.1, 0.15) is 6.10 Å². The summed E-state index contributed by atoms with van der Waals surface area (Å²) in [5.41, 5.74) is 1.18. The topological polar surface area (TPSA) is 38.3 Å². The number of nitrogens with one attached hydrogen (secondary N) is 1. The molecule has 28 heavy (non-hydrogen) atoms. The van der Waals surface area contributed by atoms with E-state index in [-0.39, 0.29) is 24.0 Å². The lowest BCUT2D eigenvalue weighted by molar-refractivity contribution is -0.162. The Morgan fingerprint density at radius 1 is 1.18 bits per heavy atom. The van der Waals surface area contributed by atoms with Crippen LogP contribution in [0.25, 0.3) is 0 Å². The molecular formula is C25H41NO2. The maximum absolute atomic E-state index is 13.3. The van der Waals surface area contributed by atoms with Gasteiger partial charge < -0.3 is 10.1 Å². The molecule has 0 radical (unpaired) electrons. The van der Waals surface area contributed by atoms with Crippen molar-refractivity contribution in [1.29, 1.82) is 0 Å². The summed E-state index contributed by atoms with van der Waals surface area (Å²) in [7, 11) is 0. The molecule has 1 aliphatic carbocycles. The fourth-order valence-electron chi connectivity index (χ4n) is 4.61. The van der Waals surface area contributed by atoms with Crippen molar-refractivity contribution in [2.24, 2.45) is 23.7 Å². The van der Waals surface area contributed by atoms with Crippen LogP contribution in [0.4, 0.5) is 0 Å². The summed E-state index contributed by atoms with van der Waals surface area (Å²) in [5.74, 6) is 1.51. The van der Waals surface area contributed by atoms with Crippen molar-refractivity contribution in [3.05, 3.63) is 35.9 Å². The first-order valence-corrected chi connectivity index (χ1v) is 11.5. The summed E-state index contributed by atoms with van der Waals surface area (Å²) in [4.78, 5) is 13.3. The van der Waals surface area contributed by atoms with Crippen molar-refractivity contribution in [2.45, 2.75) is 85.3 Å². The van der Waals surface area contributed by atoms with E-state index in [4.69, 9.17) is 4.74 Å². The van der Waals surface area contributed by atoms with E-state index in [0.717, 1.165) is 32.2 Å². The van der Waals surface area contributed by atoms with Gasteiger partial charge in [0.05, 0.1) is 5.92 Å². The average Bonchev–Trinajstić information content (AvgIpc) is 2.68. The minimum atomic E-state index is -0.149. The van der Waals surface area contributed by atoms with E-state index in [9.17, 15) is 4.79 Å². The molecule has 1 aromatic carbocycles. The van der Waals surface area contributed by atoms with Crippen LogP contribution in [-0.4, -0.2) is 18.6 Å². The lowest BCUT2D eigenvalue weighted by Gasteiger charge is -2.38. The second-order valence-corrected chi connectivity index (χ2v) is 9.01. The normalized spacial score (nSPS) is 24.7. The van der Waals surface area contributed by atoms with Gasteiger partial charge in [-0.25, -0.2) is 0 Å². The van der Waals surface area contributed by atoms with Crippen molar-refractivity contribution in [3.8, 4) is 0 Å². The van der Waals surface area contributed by atoms with Crippen LogP contribution in [0.2, 0.25) is 0 Å². The molecule has 0 saturated heterocycles. The lowest BCUT2D eigenvalue weighted by atomic mass is 9.75. The Bertz CT molecular complexity index is 571. The number of unbranched alkanes of at least 4 members (excludes halogenated alkanes) is 1. The Morgan fingerprint density at radius 3 is 2.50 bits per heavy atom. The van der Waals surface area contributed by atoms with Crippen molar-refractivity contribution >= 4 is 5.97 Å². The number of hydrogen-bond acceptors (Lipinski definition) is 3. The predicted molar refractivity (Wildman–Crippen MR) is 117 cm³/mol. The van der Waals surface area contributed by atoms with Crippen LogP contribution in [0.15, 0.2) is 30.3 Å². The molecule has 0 spiro atoms.